The third kappa shape index (κ3) is 10.9. The molecule has 0 radical (unpaired) electrons. The lowest BCUT2D eigenvalue weighted by Crippen LogP contribution is -2.31. The molecule has 4 nitrogen and oxygen atoms in total. The number of nitrogens with zero attached hydrogens (tertiary/aromatic N) is 1. The second-order valence-electron chi connectivity index (χ2n) is 11.8. The molecule has 0 saturated carbocycles. The average molecular weight is 570 g/mol. The molecule has 0 unspecified atom stereocenters. The van der Waals surface area contributed by atoms with Crippen molar-refractivity contribution in [2.24, 2.45) is 0 Å². The molecule has 4 rings (SSSR count). The van der Waals surface area contributed by atoms with Crippen molar-refractivity contribution in [2.75, 3.05) is 19.7 Å². The van der Waals surface area contributed by atoms with E-state index in [0.717, 1.165) is 72.7 Å². The predicted molar refractivity (Wildman–Crippen MR) is 174 cm³/mol. The fourth-order valence-corrected chi connectivity index (χ4v) is 5.63. The van der Waals surface area contributed by atoms with E-state index in [-0.39, 0.29) is 5.91 Å². The number of rotatable bonds is 17. The fourth-order valence-electron chi connectivity index (χ4n) is 5.63. The molecule has 0 spiro atoms. The van der Waals surface area contributed by atoms with Crippen LogP contribution in [0.1, 0.15) is 113 Å². The normalized spacial score (nSPS) is 13.5. The second-order valence-corrected chi connectivity index (χ2v) is 11.8. The standard InChI is InChI=1S/C38H51NO3/c1-2-3-4-5-6-7-8-9-12-15-30-41-36-24-20-33(21-25-36)34-22-26-37(27-23-34)42-31-32-16-18-35(19-17-32)38(40)39-28-13-10-11-14-29-39/h16-27H,2-15,28-31H2,1H3. The van der Waals surface area contributed by atoms with Gasteiger partial charge in [-0.2, -0.15) is 0 Å². The minimum absolute atomic E-state index is 0.147. The molecule has 1 aliphatic heterocycles. The molecule has 42 heavy (non-hydrogen) atoms. The van der Waals surface area contributed by atoms with Crippen LogP contribution < -0.4 is 9.47 Å². The van der Waals surface area contributed by atoms with Gasteiger partial charge in [0.25, 0.3) is 5.91 Å². The van der Waals surface area contributed by atoms with Crippen LogP contribution >= 0.6 is 0 Å². The van der Waals surface area contributed by atoms with Gasteiger partial charge < -0.3 is 14.4 Å². The zero-order chi connectivity index (χ0) is 29.2. The van der Waals surface area contributed by atoms with Crippen LogP contribution in [0.2, 0.25) is 0 Å². The summed E-state index contributed by atoms with van der Waals surface area (Å²) in [6.07, 6.45) is 18.0. The smallest absolute Gasteiger partial charge is 0.253 e. The Morgan fingerprint density at radius 3 is 1.64 bits per heavy atom. The summed E-state index contributed by atoms with van der Waals surface area (Å²) in [6, 6.07) is 24.5. The number of carbonyl (C=O) groups excluding carboxylic acids is 1. The molecular formula is C38H51NO3. The topological polar surface area (TPSA) is 38.8 Å². The van der Waals surface area contributed by atoms with Gasteiger partial charge in [0.15, 0.2) is 0 Å². The average Bonchev–Trinajstić information content (AvgIpc) is 3.33. The van der Waals surface area contributed by atoms with Crippen molar-refractivity contribution in [3.63, 3.8) is 0 Å². The van der Waals surface area contributed by atoms with Gasteiger partial charge >= 0.3 is 0 Å². The number of hydrogen-bond acceptors (Lipinski definition) is 3. The van der Waals surface area contributed by atoms with Crippen LogP contribution in [0.15, 0.2) is 72.8 Å². The van der Waals surface area contributed by atoms with Gasteiger partial charge in [-0.1, -0.05) is 114 Å². The summed E-state index contributed by atoms with van der Waals surface area (Å²) in [4.78, 5) is 14.8. The summed E-state index contributed by atoms with van der Waals surface area (Å²) in [5.41, 5.74) is 4.14. The number of carbonyl (C=O) groups is 1. The van der Waals surface area contributed by atoms with Crippen molar-refractivity contribution in [3.05, 3.63) is 83.9 Å². The summed E-state index contributed by atoms with van der Waals surface area (Å²) in [5.74, 6) is 1.92. The lowest BCUT2D eigenvalue weighted by molar-refractivity contribution is 0.0761. The van der Waals surface area contributed by atoms with Gasteiger partial charge in [-0.3, -0.25) is 4.79 Å². The zero-order valence-corrected chi connectivity index (χ0v) is 25.8. The van der Waals surface area contributed by atoms with Crippen LogP contribution in [-0.4, -0.2) is 30.5 Å². The van der Waals surface area contributed by atoms with E-state index in [1.807, 2.05) is 41.3 Å². The molecule has 1 amide bonds. The molecule has 1 aliphatic rings. The van der Waals surface area contributed by atoms with Crippen molar-refractivity contribution in [1.29, 1.82) is 0 Å². The van der Waals surface area contributed by atoms with E-state index in [2.05, 4.69) is 43.3 Å². The Morgan fingerprint density at radius 2 is 1.10 bits per heavy atom. The van der Waals surface area contributed by atoms with Crippen molar-refractivity contribution in [3.8, 4) is 22.6 Å². The first-order valence-corrected chi connectivity index (χ1v) is 16.6. The molecule has 1 heterocycles. The first-order valence-electron chi connectivity index (χ1n) is 16.6. The van der Waals surface area contributed by atoms with E-state index in [0.29, 0.717) is 6.61 Å². The molecule has 0 bridgehead atoms. The molecule has 3 aromatic rings. The molecule has 226 valence electrons. The molecule has 0 N–H and O–H groups in total. The summed E-state index contributed by atoms with van der Waals surface area (Å²) >= 11 is 0. The molecule has 4 heteroatoms. The van der Waals surface area contributed by atoms with E-state index in [4.69, 9.17) is 9.47 Å². The Hall–Kier alpha value is -3.27. The Kier molecular flexibility index (Phi) is 13.8. The summed E-state index contributed by atoms with van der Waals surface area (Å²) in [5, 5.41) is 0. The van der Waals surface area contributed by atoms with Crippen LogP contribution in [0.3, 0.4) is 0 Å². The maximum Gasteiger partial charge on any atom is 0.253 e. The third-order valence-corrected chi connectivity index (χ3v) is 8.31. The molecule has 1 fully saturated rings. The maximum atomic E-state index is 12.8. The molecule has 1 saturated heterocycles. The Balaban J connectivity index is 1.13. The van der Waals surface area contributed by atoms with Gasteiger partial charge in [0, 0.05) is 18.7 Å². The minimum atomic E-state index is 0.147. The first kappa shape index (κ1) is 31.7. The number of ether oxygens (including phenoxy) is 2. The Labute approximate surface area is 254 Å². The van der Waals surface area contributed by atoms with Crippen molar-refractivity contribution >= 4 is 5.91 Å². The largest absolute Gasteiger partial charge is 0.494 e. The summed E-state index contributed by atoms with van der Waals surface area (Å²) < 4.78 is 12.0. The lowest BCUT2D eigenvalue weighted by atomic mass is 10.1. The SMILES string of the molecule is CCCCCCCCCCCCOc1ccc(-c2ccc(OCc3ccc(C(=O)N4CCCCCC4)cc3)cc2)cc1. The van der Waals surface area contributed by atoms with E-state index in [1.54, 1.807) is 0 Å². The number of benzene rings is 3. The van der Waals surface area contributed by atoms with Crippen LogP contribution in [-0.2, 0) is 6.61 Å². The van der Waals surface area contributed by atoms with Gasteiger partial charge in [0.1, 0.15) is 18.1 Å². The highest BCUT2D eigenvalue weighted by molar-refractivity contribution is 5.94. The minimum Gasteiger partial charge on any atom is -0.494 e. The second kappa shape index (κ2) is 18.3. The van der Waals surface area contributed by atoms with Gasteiger partial charge in [0.2, 0.25) is 0 Å². The van der Waals surface area contributed by atoms with Crippen molar-refractivity contribution < 1.29 is 14.3 Å². The summed E-state index contributed by atoms with van der Waals surface area (Å²) in [6.45, 7) is 5.28. The number of unbranched alkanes of at least 4 members (excludes halogenated alkanes) is 9. The lowest BCUT2D eigenvalue weighted by Gasteiger charge is -2.20. The van der Waals surface area contributed by atoms with Crippen LogP contribution in [0.4, 0.5) is 0 Å². The summed E-state index contributed by atoms with van der Waals surface area (Å²) in [7, 11) is 0. The highest BCUT2D eigenvalue weighted by atomic mass is 16.5. The first-order chi connectivity index (χ1) is 20.7. The van der Waals surface area contributed by atoms with Crippen LogP contribution in [0.5, 0.6) is 11.5 Å². The number of amides is 1. The molecule has 3 aromatic carbocycles. The predicted octanol–water partition coefficient (Wildman–Crippen LogP) is 10.2. The van der Waals surface area contributed by atoms with Crippen LogP contribution in [0, 0.1) is 0 Å². The van der Waals surface area contributed by atoms with E-state index in [1.165, 1.54) is 70.6 Å². The van der Waals surface area contributed by atoms with Gasteiger partial charge in [-0.05, 0) is 72.4 Å². The van der Waals surface area contributed by atoms with E-state index in [9.17, 15) is 4.79 Å². The molecule has 0 aromatic heterocycles. The Bertz CT molecular complexity index is 1150. The highest BCUT2D eigenvalue weighted by Gasteiger charge is 2.17. The Morgan fingerprint density at radius 1 is 0.595 bits per heavy atom. The quantitative estimate of drug-likeness (QED) is 0.152. The third-order valence-electron chi connectivity index (χ3n) is 8.31. The van der Waals surface area contributed by atoms with Crippen molar-refractivity contribution in [1.82, 2.24) is 4.90 Å². The molecule has 0 atom stereocenters. The van der Waals surface area contributed by atoms with Gasteiger partial charge in [0.05, 0.1) is 6.61 Å². The van der Waals surface area contributed by atoms with Crippen molar-refractivity contribution in [2.45, 2.75) is 103 Å². The van der Waals surface area contributed by atoms with Crippen LogP contribution in [0.25, 0.3) is 11.1 Å². The monoisotopic (exact) mass is 569 g/mol. The zero-order valence-electron chi connectivity index (χ0n) is 25.8. The van der Waals surface area contributed by atoms with E-state index < -0.39 is 0 Å². The van der Waals surface area contributed by atoms with Gasteiger partial charge in [-0.25, -0.2) is 0 Å². The van der Waals surface area contributed by atoms with Gasteiger partial charge in [-0.15, -0.1) is 0 Å². The van der Waals surface area contributed by atoms with E-state index >= 15 is 0 Å². The fraction of sp³-hybridized carbons (Fsp3) is 0.500. The highest BCUT2D eigenvalue weighted by Crippen LogP contribution is 2.25. The number of likely N-dealkylation sites (tertiary alicyclic amines) is 1. The maximum absolute atomic E-state index is 12.8. The molecular weight excluding hydrogens is 518 g/mol. The molecule has 0 aliphatic carbocycles. The number of hydrogen-bond donors (Lipinski definition) is 0.